The molecule has 1 N–H and O–H groups in total. The van der Waals surface area contributed by atoms with Gasteiger partial charge in [-0.25, -0.2) is 4.39 Å². The van der Waals surface area contributed by atoms with Crippen LogP contribution in [0, 0.1) is 5.82 Å². The molecule has 0 saturated carbocycles. The third kappa shape index (κ3) is 4.99. The number of carbonyl (C=O) groups excluding carboxylic acids is 1. The molecule has 0 atom stereocenters. The monoisotopic (exact) mass is 337 g/mol. The summed E-state index contributed by atoms with van der Waals surface area (Å²) in [5, 5.41) is 12.2. The van der Waals surface area contributed by atoms with Crippen molar-refractivity contribution < 1.29 is 13.9 Å². The maximum absolute atomic E-state index is 13.4. The Bertz CT molecular complexity index is 644. The summed E-state index contributed by atoms with van der Waals surface area (Å²) in [7, 11) is 0. The van der Waals surface area contributed by atoms with Crippen LogP contribution in [-0.2, 0) is 4.79 Å². The smallest absolute Gasteiger partial charge is 0.229 e. The standard InChI is InChI=1S/C16H20FN3O2S/c1-3-11(4-2)15-19-20-16(23-15)18-14(21)9-10-22-13-8-6-5-7-12(13)17/h5-8,11H,3-4,9-10H2,1-2H3,(H,18,20,21). The molecule has 0 aliphatic rings. The highest BCUT2D eigenvalue weighted by Crippen LogP contribution is 2.28. The van der Waals surface area contributed by atoms with Gasteiger partial charge in [0.05, 0.1) is 13.0 Å². The van der Waals surface area contributed by atoms with Crippen LogP contribution in [0.25, 0.3) is 0 Å². The molecule has 0 aliphatic carbocycles. The lowest BCUT2D eigenvalue weighted by molar-refractivity contribution is -0.116. The number of hydrogen-bond donors (Lipinski definition) is 1. The van der Waals surface area contributed by atoms with Crippen molar-refractivity contribution in [1.29, 1.82) is 0 Å². The van der Waals surface area contributed by atoms with E-state index in [-0.39, 0.29) is 24.7 Å². The largest absolute Gasteiger partial charge is 0.490 e. The summed E-state index contributed by atoms with van der Waals surface area (Å²) in [6.45, 7) is 4.31. The minimum absolute atomic E-state index is 0.102. The Labute approximate surface area is 138 Å². The first kappa shape index (κ1) is 17.3. The normalized spacial score (nSPS) is 10.8. The lowest BCUT2D eigenvalue weighted by atomic mass is 10.1. The van der Waals surface area contributed by atoms with Crippen LogP contribution in [0.1, 0.15) is 44.0 Å². The molecule has 0 unspecified atom stereocenters. The number of halogens is 1. The Hall–Kier alpha value is -2.02. The number of nitrogens with one attached hydrogen (secondary N) is 1. The molecular formula is C16H20FN3O2S. The van der Waals surface area contributed by atoms with Gasteiger partial charge in [-0.1, -0.05) is 37.3 Å². The van der Waals surface area contributed by atoms with E-state index in [9.17, 15) is 9.18 Å². The number of nitrogens with zero attached hydrogens (tertiary/aromatic N) is 2. The van der Waals surface area contributed by atoms with Gasteiger partial charge in [0, 0.05) is 5.92 Å². The molecule has 23 heavy (non-hydrogen) atoms. The number of hydrogen-bond acceptors (Lipinski definition) is 5. The molecule has 124 valence electrons. The topological polar surface area (TPSA) is 64.1 Å². The summed E-state index contributed by atoms with van der Waals surface area (Å²) in [6.07, 6.45) is 2.11. The van der Waals surface area contributed by atoms with Crippen molar-refractivity contribution in [2.45, 2.75) is 39.0 Å². The molecule has 7 heteroatoms. The minimum Gasteiger partial charge on any atom is -0.490 e. The summed E-state index contributed by atoms with van der Waals surface area (Å²) in [6, 6.07) is 6.11. The molecule has 0 fully saturated rings. The SMILES string of the molecule is CCC(CC)c1nnc(NC(=O)CCOc2ccccc2F)s1. The molecule has 1 aromatic heterocycles. The van der Waals surface area contributed by atoms with E-state index >= 15 is 0 Å². The van der Waals surface area contributed by atoms with Crippen LogP contribution in [0.15, 0.2) is 24.3 Å². The summed E-state index contributed by atoms with van der Waals surface area (Å²) in [5.74, 6) is -0.143. The zero-order valence-electron chi connectivity index (χ0n) is 13.2. The highest BCUT2D eigenvalue weighted by Gasteiger charge is 2.14. The van der Waals surface area contributed by atoms with Crippen molar-refractivity contribution in [2.75, 3.05) is 11.9 Å². The lowest BCUT2D eigenvalue weighted by Gasteiger charge is -2.07. The molecule has 1 amide bonds. The average Bonchev–Trinajstić information content (AvgIpc) is 2.99. The molecule has 2 rings (SSSR count). The summed E-state index contributed by atoms with van der Waals surface area (Å²) in [5.41, 5.74) is 0. The van der Waals surface area contributed by atoms with E-state index in [1.165, 1.54) is 23.5 Å². The van der Waals surface area contributed by atoms with Gasteiger partial charge in [-0.05, 0) is 25.0 Å². The minimum atomic E-state index is -0.438. The number of para-hydroxylation sites is 1. The molecule has 5 nitrogen and oxygen atoms in total. The van der Waals surface area contributed by atoms with Crippen molar-refractivity contribution in [2.24, 2.45) is 0 Å². The Morgan fingerprint density at radius 2 is 2.04 bits per heavy atom. The van der Waals surface area contributed by atoms with Crippen molar-refractivity contribution >= 4 is 22.4 Å². The molecule has 0 aliphatic heterocycles. The Morgan fingerprint density at radius 3 is 2.74 bits per heavy atom. The van der Waals surface area contributed by atoms with Crippen LogP contribution in [0.5, 0.6) is 5.75 Å². The van der Waals surface area contributed by atoms with Crippen LogP contribution in [0.2, 0.25) is 0 Å². The van der Waals surface area contributed by atoms with Gasteiger partial charge < -0.3 is 10.1 Å². The molecule has 2 aromatic rings. The lowest BCUT2D eigenvalue weighted by Crippen LogP contribution is -2.15. The fourth-order valence-corrected chi connectivity index (χ4v) is 3.11. The van der Waals surface area contributed by atoms with E-state index in [2.05, 4.69) is 29.4 Å². The Morgan fingerprint density at radius 1 is 1.30 bits per heavy atom. The number of rotatable bonds is 8. The first-order valence-corrected chi connectivity index (χ1v) is 8.46. The van der Waals surface area contributed by atoms with Crippen molar-refractivity contribution in [3.8, 4) is 5.75 Å². The van der Waals surface area contributed by atoms with E-state index in [1.807, 2.05) is 0 Å². The quantitative estimate of drug-likeness (QED) is 0.791. The summed E-state index contributed by atoms with van der Waals surface area (Å²) < 4.78 is 18.6. The van der Waals surface area contributed by atoms with Crippen LogP contribution < -0.4 is 10.1 Å². The number of anilines is 1. The van der Waals surface area contributed by atoms with Gasteiger partial charge in [-0.15, -0.1) is 10.2 Å². The molecule has 0 radical (unpaired) electrons. The van der Waals surface area contributed by atoms with Crippen molar-refractivity contribution in [3.05, 3.63) is 35.1 Å². The van der Waals surface area contributed by atoms with Crippen LogP contribution in [0.4, 0.5) is 9.52 Å². The van der Waals surface area contributed by atoms with Crippen molar-refractivity contribution in [1.82, 2.24) is 10.2 Å². The summed E-state index contributed by atoms with van der Waals surface area (Å²) in [4.78, 5) is 11.9. The number of carbonyl (C=O) groups is 1. The maximum Gasteiger partial charge on any atom is 0.229 e. The van der Waals surface area contributed by atoms with Crippen molar-refractivity contribution in [3.63, 3.8) is 0 Å². The molecule has 1 heterocycles. The first-order valence-electron chi connectivity index (χ1n) is 7.64. The van der Waals surface area contributed by atoms with Gasteiger partial charge in [-0.2, -0.15) is 0 Å². The zero-order chi connectivity index (χ0) is 16.7. The number of amides is 1. The highest BCUT2D eigenvalue weighted by molar-refractivity contribution is 7.15. The van der Waals surface area contributed by atoms with Gasteiger partial charge in [0.25, 0.3) is 0 Å². The van der Waals surface area contributed by atoms with Gasteiger partial charge in [0.15, 0.2) is 11.6 Å². The van der Waals surface area contributed by atoms with E-state index < -0.39 is 5.82 Å². The molecule has 1 aromatic carbocycles. The predicted octanol–water partition coefficient (Wildman–Crippen LogP) is 3.99. The highest BCUT2D eigenvalue weighted by atomic mass is 32.1. The molecule has 0 saturated heterocycles. The van der Waals surface area contributed by atoms with E-state index in [4.69, 9.17) is 4.74 Å². The summed E-state index contributed by atoms with van der Waals surface area (Å²) >= 11 is 1.40. The molecule has 0 bridgehead atoms. The van der Waals surface area contributed by atoms with E-state index in [1.54, 1.807) is 12.1 Å². The molecule has 0 spiro atoms. The fraction of sp³-hybridized carbons (Fsp3) is 0.438. The van der Waals surface area contributed by atoms with Crippen LogP contribution >= 0.6 is 11.3 Å². The zero-order valence-corrected chi connectivity index (χ0v) is 14.0. The second kappa shape index (κ2) is 8.57. The van der Waals surface area contributed by atoms with Crippen LogP contribution in [-0.4, -0.2) is 22.7 Å². The van der Waals surface area contributed by atoms with Gasteiger partial charge in [-0.3, -0.25) is 4.79 Å². The third-order valence-electron chi connectivity index (χ3n) is 3.45. The fourth-order valence-electron chi connectivity index (χ4n) is 2.09. The number of aromatic nitrogens is 2. The Kier molecular flexibility index (Phi) is 6.46. The first-order chi connectivity index (χ1) is 11.1. The number of ether oxygens (including phenoxy) is 1. The third-order valence-corrected chi connectivity index (χ3v) is 4.45. The van der Waals surface area contributed by atoms with Gasteiger partial charge >= 0.3 is 0 Å². The maximum atomic E-state index is 13.4. The van der Waals surface area contributed by atoms with E-state index in [0.717, 1.165) is 17.8 Å². The van der Waals surface area contributed by atoms with Crippen LogP contribution in [0.3, 0.4) is 0 Å². The molecular weight excluding hydrogens is 317 g/mol. The average molecular weight is 337 g/mol. The van der Waals surface area contributed by atoms with Gasteiger partial charge in [0.2, 0.25) is 11.0 Å². The Balaban J connectivity index is 1.80. The van der Waals surface area contributed by atoms with E-state index in [0.29, 0.717) is 11.0 Å². The second-order valence-electron chi connectivity index (χ2n) is 5.04. The second-order valence-corrected chi connectivity index (χ2v) is 6.05. The predicted molar refractivity (Wildman–Crippen MR) is 88.4 cm³/mol. The van der Waals surface area contributed by atoms with Gasteiger partial charge in [0.1, 0.15) is 5.01 Å². The number of benzene rings is 1.